The van der Waals surface area contributed by atoms with E-state index in [4.69, 9.17) is 4.74 Å². The number of aryl methyl sites for hydroxylation is 1. The van der Waals surface area contributed by atoms with Crippen molar-refractivity contribution < 1.29 is 14.6 Å². The van der Waals surface area contributed by atoms with Crippen molar-refractivity contribution in [1.29, 1.82) is 0 Å². The Morgan fingerprint density at radius 2 is 2.17 bits per heavy atom. The van der Waals surface area contributed by atoms with Crippen LogP contribution in [0.25, 0.3) is 0 Å². The highest BCUT2D eigenvalue weighted by molar-refractivity contribution is 5.72. The zero-order valence-electron chi connectivity index (χ0n) is 13.6. The SMILES string of the molecule is CCc1cccc(OCc2nnnn2C(C(=O)O)C(C)CC)c1. The summed E-state index contributed by atoms with van der Waals surface area (Å²) < 4.78 is 7.07. The lowest BCUT2D eigenvalue weighted by molar-refractivity contribution is -0.143. The zero-order chi connectivity index (χ0) is 16.8. The van der Waals surface area contributed by atoms with E-state index >= 15 is 0 Å². The number of carboxylic acid groups (broad SMARTS) is 1. The van der Waals surface area contributed by atoms with Crippen LogP contribution in [0.1, 0.15) is 44.6 Å². The topological polar surface area (TPSA) is 90.1 Å². The van der Waals surface area contributed by atoms with Crippen LogP contribution in [0, 0.1) is 5.92 Å². The van der Waals surface area contributed by atoms with Gasteiger partial charge in [0.15, 0.2) is 11.9 Å². The Morgan fingerprint density at radius 3 is 2.83 bits per heavy atom. The van der Waals surface area contributed by atoms with Crippen molar-refractivity contribution in [3.8, 4) is 5.75 Å². The third kappa shape index (κ3) is 4.06. The molecule has 1 aromatic heterocycles. The Morgan fingerprint density at radius 1 is 1.39 bits per heavy atom. The van der Waals surface area contributed by atoms with Crippen molar-refractivity contribution >= 4 is 5.97 Å². The van der Waals surface area contributed by atoms with Crippen molar-refractivity contribution in [3.05, 3.63) is 35.7 Å². The average Bonchev–Trinajstić information content (AvgIpc) is 3.00. The Hall–Kier alpha value is -2.44. The molecule has 0 saturated heterocycles. The Kier molecular flexibility index (Phi) is 5.67. The molecular weight excluding hydrogens is 296 g/mol. The monoisotopic (exact) mass is 318 g/mol. The van der Waals surface area contributed by atoms with Gasteiger partial charge in [0.1, 0.15) is 12.4 Å². The largest absolute Gasteiger partial charge is 0.486 e. The summed E-state index contributed by atoms with van der Waals surface area (Å²) >= 11 is 0. The molecular formula is C16H22N4O3. The zero-order valence-corrected chi connectivity index (χ0v) is 13.6. The van der Waals surface area contributed by atoms with Gasteiger partial charge >= 0.3 is 5.97 Å². The fourth-order valence-corrected chi connectivity index (χ4v) is 2.34. The van der Waals surface area contributed by atoms with Crippen LogP contribution in [-0.4, -0.2) is 31.3 Å². The number of aliphatic carboxylic acids is 1. The second-order valence-corrected chi connectivity index (χ2v) is 5.50. The number of nitrogens with zero attached hydrogens (tertiary/aromatic N) is 4. The maximum Gasteiger partial charge on any atom is 0.328 e. The molecule has 23 heavy (non-hydrogen) atoms. The number of aromatic nitrogens is 4. The summed E-state index contributed by atoms with van der Waals surface area (Å²) in [6.45, 7) is 6.01. The summed E-state index contributed by atoms with van der Waals surface area (Å²) in [5.41, 5.74) is 1.17. The van der Waals surface area contributed by atoms with Gasteiger partial charge in [-0.2, -0.15) is 0 Å². The number of rotatable bonds is 8. The van der Waals surface area contributed by atoms with Crippen molar-refractivity contribution in [2.24, 2.45) is 5.92 Å². The predicted molar refractivity (Wildman–Crippen MR) is 84.1 cm³/mol. The first-order valence-electron chi connectivity index (χ1n) is 7.78. The molecule has 1 heterocycles. The number of tetrazole rings is 1. The standard InChI is InChI=1S/C16H22N4O3/c1-4-11(3)15(16(21)22)20-14(17-18-19-20)10-23-13-8-6-7-12(5-2)9-13/h6-9,11,15H,4-5,10H2,1-3H3,(H,21,22). The summed E-state index contributed by atoms with van der Waals surface area (Å²) in [5, 5.41) is 20.8. The second kappa shape index (κ2) is 7.71. The van der Waals surface area contributed by atoms with Crippen molar-refractivity contribution in [3.63, 3.8) is 0 Å². The van der Waals surface area contributed by atoms with E-state index in [-0.39, 0.29) is 12.5 Å². The summed E-state index contributed by atoms with van der Waals surface area (Å²) in [6, 6.07) is 6.97. The summed E-state index contributed by atoms with van der Waals surface area (Å²) in [6.07, 6.45) is 1.64. The molecule has 2 atom stereocenters. The Balaban J connectivity index is 2.15. The van der Waals surface area contributed by atoms with E-state index in [2.05, 4.69) is 22.4 Å². The van der Waals surface area contributed by atoms with Crippen molar-refractivity contribution in [1.82, 2.24) is 20.2 Å². The van der Waals surface area contributed by atoms with E-state index in [1.807, 2.05) is 38.1 Å². The van der Waals surface area contributed by atoms with E-state index in [0.29, 0.717) is 11.6 Å². The fraction of sp³-hybridized carbons (Fsp3) is 0.500. The molecule has 0 fully saturated rings. The highest BCUT2D eigenvalue weighted by Gasteiger charge is 2.29. The lowest BCUT2D eigenvalue weighted by Crippen LogP contribution is -2.28. The third-order valence-electron chi connectivity index (χ3n) is 3.94. The molecule has 7 heteroatoms. The third-order valence-corrected chi connectivity index (χ3v) is 3.94. The van der Waals surface area contributed by atoms with Crippen molar-refractivity contribution in [2.45, 2.75) is 46.3 Å². The number of ether oxygens (including phenoxy) is 1. The van der Waals surface area contributed by atoms with Crippen LogP contribution in [0.4, 0.5) is 0 Å². The molecule has 0 amide bonds. The lowest BCUT2D eigenvalue weighted by Gasteiger charge is -2.19. The van der Waals surface area contributed by atoms with Gasteiger partial charge in [-0.25, -0.2) is 9.48 Å². The van der Waals surface area contributed by atoms with Crippen molar-refractivity contribution in [2.75, 3.05) is 0 Å². The molecule has 2 aromatic rings. The molecule has 1 N–H and O–H groups in total. The smallest absolute Gasteiger partial charge is 0.328 e. The number of hydrogen-bond acceptors (Lipinski definition) is 5. The molecule has 124 valence electrons. The van der Waals surface area contributed by atoms with Crippen LogP contribution < -0.4 is 4.74 Å². The fourth-order valence-electron chi connectivity index (χ4n) is 2.34. The first-order valence-corrected chi connectivity index (χ1v) is 7.78. The first-order chi connectivity index (χ1) is 11.1. The lowest BCUT2D eigenvalue weighted by atomic mass is 9.99. The molecule has 0 bridgehead atoms. The van der Waals surface area contributed by atoms with Gasteiger partial charge < -0.3 is 9.84 Å². The van der Waals surface area contributed by atoms with Gasteiger partial charge in [-0.05, 0) is 40.5 Å². The number of benzene rings is 1. The minimum Gasteiger partial charge on any atom is -0.486 e. The molecule has 0 aliphatic carbocycles. The number of hydrogen-bond donors (Lipinski definition) is 1. The summed E-state index contributed by atoms with van der Waals surface area (Å²) in [5.74, 6) is 0.0907. The van der Waals surface area contributed by atoms with E-state index in [9.17, 15) is 9.90 Å². The van der Waals surface area contributed by atoms with Gasteiger partial charge in [0, 0.05) is 0 Å². The van der Waals surface area contributed by atoms with Crippen LogP contribution >= 0.6 is 0 Å². The molecule has 0 aliphatic rings. The average molecular weight is 318 g/mol. The highest BCUT2D eigenvalue weighted by atomic mass is 16.5. The van der Waals surface area contributed by atoms with Crippen LogP contribution in [0.2, 0.25) is 0 Å². The van der Waals surface area contributed by atoms with Gasteiger partial charge in [0.25, 0.3) is 0 Å². The van der Waals surface area contributed by atoms with Crippen LogP contribution in [0.3, 0.4) is 0 Å². The highest BCUT2D eigenvalue weighted by Crippen LogP contribution is 2.22. The Bertz CT molecular complexity index is 656. The van der Waals surface area contributed by atoms with Gasteiger partial charge in [-0.3, -0.25) is 0 Å². The van der Waals surface area contributed by atoms with E-state index in [0.717, 1.165) is 12.8 Å². The van der Waals surface area contributed by atoms with Gasteiger partial charge in [-0.1, -0.05) is 39.3 Å². The minimum atomic E-state index is -0.944. The first kappa shape index (κ1) is 16.9. The van der Waals surface area contributed by atoms with E-state index < -0.39 is 12.0 Å². The minimum absolute atomic E-state index is 0.0850. The Labute approximate surface area is 135 Å². The number of carboxylic acids is 1. The van der Waals surface area contributed by atoms with Crippen LogP contribution in [0.5, 0.6) is 5.75 Å². The van der Waals surface area contributed by atoms with Gasteiger partial charge in [0.2, 0.25) is 0 Å². The maximum atomic E-state index is 11.6. The molecule has 7 nitrogen and oxygen atoms in total. The normalized spacial score (nSPS) is 13.5. The van der Waals surface area contributed by atoms with Gasteiger partial charge in [-0.15, -0.1) is 5.10 Å². The summed E-state index contributed by atoms with van der Waals surface area (Å²) in [4.78, 5) is 11.6. The summed E-state index contributed by atoms with van der Waals surface area (Å²) in [7, 11) is 0. The molecule has 0 radical (unpaired) electrons. The van der Waals surface area contributed by atoms with Gasteiger partial charge in [0.05, 0.1) is 0 Å². The van der Waals surface area contributed by atoms with E-state index in [1.165, 1.54) is 10.2 Å². The maximum absolute atomic E-state index is 11.6. The molecule has 2 unspecified atom stereocenters. The predicted octanol–water partition coefficient (Wildman–Crippen LogP) is 2.49. The van der Waals surface area contributed by atoms with Crippen LogP contribution in [0.15, 0.2) is 24.3 Å². The molecule has 0 saturated carbocycles. The molecule has 0 aliphatic heterocycles. The molecule has 0 spiro atoms. The number of carbonyl (C=O) groups is 1. The quantitative estimate of drug-likeness (QED) is 0.804. The second-order valence-electron chi connectivity index (χ2n) is 5.50. The molecule has 2 rings (SSSR count). The molecule has 1 aromatic carbocycles. The van der Waals surface area contributed by atoms with Crippen LogP contribution in [-0.2, 0) is 17.8 Å². The van der Waals surface area contributed by atoms with E-state index in [1.54, 1.807) is 0 Å².